The molecule has 17 heavy (non-hydrogen) atoms. The highest BCUT2D eigenvalue weighted by molar-refractivity contribution is 9.10. The number of rotatable bonds is 3. The van der Waals surface area contributed by atoms with Crippen LogP contribution in [0.4, 0.5) is 0 Å². The fourth-order valence-electron chi connectivity index (χ4n) is 1.89. The molecule has 2 rings (SSSR count). The number of aromatic nitrogens is 2. The van der Waals surface area contributed by atoms with Crippen LogP contribution in [0.15, 0.2) is 10.7 Å². The van der Waals surface area contributed by atoms with Gasteiger partial charge in [-0.2, -0.15) is 0 Å². The van der Waals surface area contributed by atoms with Gasteiger partial charge in [-0.25, -0.2) is 9.97 Å². The average Bonchev–Trinajstić information content (AvgIpc) is 2.33. The molecule has 0 bridgehead atoms. The minimum absolute atomic E-state index is 0.0686. The monoisotopic (exact) mass is 319 g/mol. The van der Waals surface area contributed by atoms with Crippen LogP contribution in [-0.4, -0.2) is 41.1 Å². The first-order valence-corrected chi connectivity index (χ1v) is 6.89. The first-order chi connectivity index (χ1) is 8.20. The van der Waals surface area contributed by atoms with Gasteiger partial charge in [0.1, 0.15) is 11.3 Å². The van der Waals surface area contributed by atoms with Crippen molar-refractivity contribution in [3.05, 3.63) is 21.6 Å². The van der Waals surface area contributed by atoms with E-state index >= 15 is 0 Å². The van der Waals surface area contributed by atoms with E-state index in [9.17, 15) is 0 Å². The topological polar surface area (TPSA) is 38.2 Å². The third-order valence-electron chi connectivity index (χ3n) is 2.70. The van der Waals surface area contributed by atoms with Gasteiger partial charge in [-0.3, -0.25) is 4.90 Å². The second kappa shape index (κ2) is 6.09. The van der Waals surface area contributed by atoms with Gasteiger partial charge in [-0.15, -0.1) is 0 Å². The Morgan fingerprint density at radius 3 is 3.18 bits per heavy atom. The normalized spacial score (nSPS) is 21.7. The van der Waals surface area contributed by atoms with Crippen LogP contribution >= 0.6 is 27.5 Å². The maximum Gasteiger partial charge on any atom is 0.160 e. The van der Waals surface area contributed by atoms with Crippen LogP contribution < -0.4 is 0 Å². The summed E-state index contributed by atoms with van der Waals surface area (Å²) >= 11 is 9.25. The average molecular weight is 321 g/mol. The molecule has 1 aromatic heterocycles. The minimum atomic E-state index is -0.0686. The molecular weight excluding hydrogens is 305 g/mol. The van der Waals surface area contributed by atoms with Gasteiger partial charge in [0.05, 0.1) is 11.1 Å². The van der Waals surface area contributed by atoms with Crippen molar-refractivity contribution in [2.24, 2.45) is 0 Å². The molecular formula is C11H15BrClN3O. The number of halogens is 2. The van der Waals surface area contributed by atoms with Gasteiger partial charge < -0.3 is 4.74 Å². The molecule has 0 radical (unpaired) electrons. The van der Waals surface area contributed by atoms with Gasteiger partial charge in [0.25, 0.3) is 0 Å². The van der Waals surface area contributed by atoms with E-state index in [1.54, 1.807) is 6.20 Å². The van der Waals surface area contributed by atoms with Crippen molar-refractivity contribution < 1.29 is 4.74 Å². The zero-order chi connectivity index (χ0) is 12.3. The fraction of sp³-hybridized carbons (Fsp3) is 0.636. The van der Waals surface area contributed by atoms with Crippen molar-refractivity contribution in [1.82, 2.24) is 14.9 Å². The van der Waals surface area contributed by atoms with Gasteiger partial charge in [-0.1, -0.05) is 18.5 Å². The van der Waals surface area contributed by atoms with E-state index in [-0.39, 0.29) is 6.10 Å². The summed E-state index contributed by atoms with van der Waals surface area (Å²) in [5, 5.41) is 0.436. The second-order valence-corrected chi connectivity index (χ2v) is 5.24. The van der Waals surface area contributed by atoms with Gasteiger partial charge in [0, 0.05) is 19.3 Å². The Labute approximate surface area is 114 Å². The second-order valence-electron chi connectivity index (χ2n) is 4.03. The molecule has 2 heterocycles. The van der Waals surface area contributed by atoms with E-state index in [1.807, 2.05) is 0 Å². The minimum Gasteiger partial charge on any atom is -0.368 e. The first kappa shape index (κ1) is 13.2. The fourth-order valence-corrected chi connectivity index (χ4v) is 2.22. The van der Waals surface area contributed by atoms with Crippen LogP contribution in [0.3, 0.4) is 0 Å². The molecule has 1 aliphatic rings. The molecule has 0 aliphatic carbocycles. The molecule has 0 N–H and O–H groups in total. The van der Waals surface area contributed by atoms with Crippen LogP contribution in [0.25, 0.3) is 0 Å². The molecule has 6 heteroatoms. The highest BCUT2D eigenvalue weighted by Crippen LogP contribution is 2.24. The van der Waals surface area contributed by atoms with Crippen molar-refractivity contribution in [3.8, 4) is 0 Å². The van der Waals surface area contributed by atoms with Crippen LogP contribution in [-0.2, 0) is 4.74 Å². The third kappa shape index (κ3) is 3.37. The van der Waals surface area contributed by atoms with Gasteiger partial charge in [0.15, 0.2) is 5.82 Å². The van der Waals surface area contributed by atoms with E-state index in [2.05, 4.69) is 37.7 Å². The van der Waals surface area contributed by atoms with E-state index in [1.165, 1.54) is 0 Å². The molecule has 1 unspecified atom stereocenters. The highest BCUT2D eigenvalue weighted by atomic mass is 79.9. The van der Waals surface area contributed by atoms with E-state index in [0.717, 1.165) is 32.7 Å². The van der Waals surface area contributed by atoms with Crippen molar-refractivity contribution in [3.63, 3.8) is 0 Å². The van der Waals surface area contributed by atoms with E-state index in [0.29, 0.717) is 15.5 Å². The van der Waals surface area contributed by atoms with Crippen molar-refractivity contribution >= 4 is 27.5 Å². The molecule has 4 nitrogen and oxygen atoms in total. The first-order valence-electron chi connectivity index (χ1n) is 5.72. The molecule has 0 amide bonds. The van der Waals surface area contributed by atoms with Gasteiger partial charge in [-0.05, 0) is 28.9 Å². The van der Waals surface area contributed by atoms with E-state index in [4.69, 9.17) is 16.3 Å². The summed E-state index contributed by atoms with van der Waals surface area (Å²) in [6, 6.07) is 0. The van der Waals surface area contributed by atoms with Crippen molar-refractivity contribution in [2.75, 3.05) is 26.2 Å². The van der Waals surface area contributed by atoms with Crippen molar-refractivity contribution in [2.45, 2.75) is 19.4 Å². The summed E-state index contributed by atoms with van der Waals surface area (Å²) in [7, 11) is 0. The maximum atomic E-state index is 5.96. The Balaban J connectivity index is 2.08. The summed E-state index contributed by atoms with van der Waals surface area (Å²) in [4.78, 5) is 10.9. The predicted octanol–water partition coefficient (Wildman–Crippen LogP) is 2.68. The molecule has 1 aromatic rings. The standard InChI is InChI=1S/C11H15BrClN3O/c1-2-3-16-4-5-17-9(7-16)11-14-6-8(12)10(13)15-11/h6,9H,2-5,7H2,1H3. The Bertz CT molecular complexity index is 389. The molecule has 1 fully saturated rings. The molecule has 0 spiro atoms. The number of hydrogen-bond acceptors (Lipinski definition) is 4. The molecule has 94 valence electrons. The molecule has 0 aromatic carbocycles. The van der Waals surface area contributed by atoms with Gasteiger partial charge >= 0.3 is 0 Å². The lowest BCUT2D eigenvalue weighted by Gasteiger charge is -2.31. The molecule has 0 saturated carbocycles. The zero-order valence-corrected chi connectivity index (χ0v) is 12.0. The van der Waals surface area contributed by atoms with E-state index < -0.39 is 0 Å². The van der Waals surface area contributed by atoms with Gasteiger partial charge in [0.2, 0.25) is 0 Å². The van der Waals surface area contributed by atoms with Crippen molar-refractivity contribution in [1.29, 1.82) is 0 Å². The molecule has 1 aliphatic heterocycles. The number of ether oxygens (including phenoxy) is 1. The highest BCUT2D eigenvalue weighted by Gasteiger charge is 2.24. The number of morpholine rings is 1. The summed E-state index contributed by atoms with van der Waals surface area (Å²) < 4.78 is 6.41. The van der Waals surface area contributed by atoms with Crippen LogP contribution in [0.5, 0.6) is 0 Å². The van der Waals surface area contributed by atoms with Crippen LogP contribution in [0, 0.1) is 0 Å². The Kier molecular flexibility index (Phi) is 4.73. The lowest BCUT2D eigenvalue weighted by atomic mass is 10.2. The largest absolute Gasteiger partial charge is 0.368 e. The van der Waals surface area contributed by atoms with Crippen LogP contribution in [0.2, 0.25) is 5.15 Å². The maximum absolute atomic E-state index is 5.96. The lowest BCUT2D eigenvalue weighted by Crippen LogP contribution is -2.39. The Morgan fingerprint density at radius 2 is 2.47 bits per heavy atom. The van der Waals surface area contributed by atoms with Crippen LogP contribution in [0.1, 0.15) is 25.3 Å². The quantitative estimate of drug-likeness (QED) is 0.803. The number of hydrogen-bond donors (Lipinski definition) is 0. The predicted molar refractivity (Wildman–Crippen MR) is 70.2 cm³/mol. The molecule has 1 atom stereocenters. The Morgan fingerprint density at radius 1 is 1.65 bits per heavy atom. The zero-order valence-electron chi connectivity index (χ0n) is 9.70. The summed E-state index contributed by atoms with van der Waals surface area (Å²) in [5.41, 5.74) is 0. The summed E-state index contributed by atoms with van der Waals surface area (Å²) in [6.07, 6.45) is 2.75. The summed E-state index contributed by atoms with van der Waals surface area (Å²) in [5.74, 6) is 0.666. The summed E-state index contributed by atoms with van der Waals surface area (Å²) in [6.45, 7) is 5.81. The lowest BCUT2D eigenvalue weighted by molar-refractivity contribution is -0.0342. The smallest absolute Gasteiger partial charge is 0.160 e. The number of nitrogens with zero attached hydrogens (tertiary/aromatic N) is 3. The molecule has 1 saturated heterocycles. The SMILES string of the molecule is CCCN1CCOC(c2ncc(Br)c(Cl)n2)C1. The third-order valence-corrected chi connectivity index (χ3v) is 3.80. The Hall–Kier alpha value is -0.230.